The number of hydrogen-bond donors (Lipinski definition) is 2. The van der Waals surface area contributed by atoms with E-state index in [0.29, 0.717) is 18.2 Å². The molecule has 0 spiro atoms. The maximum Gasteiger partial charge on any atom is 0.273 e. The number of nitrogens with zero attached hydrogens (tertiary/aromatic N) is 3. The number of aromatic nitrogens is 3. The molecule has 1 amide bonds. The molecule has 4 rings (SSSR count). The van der Waals surface area contributed by atoms with Crippen LogP contribution < -0.4 is 10.6 Å². The number of amides is 1. The highest BCUT2D eigenvalue weighted by molar-refractivity contribution is 5.92. The SMILES string of the molecule is O=C(NCc1cccc2ccccc12)c1cn(C[C@@H]2CCCNC2)nn1. The molecule has 1 aliphatic rings. The van der Waals surface area contributed by atoms with E-state index in [1.165, 1.54) is 18.2 Å². The standard InChI is InChI=1S/C20H23N5O/c26-20(19-14-25(24-23-19)13-15-5-4-10-21-11-15)22-12-17-8-3-7-16-6-1-2-9-18(16)17/h1-3,6-9,14-15,21H,4-5,10-13H2,(H,22,26)/t15-/m1/s1. The second-order valence-electron chi connectivity index (χ2n) is 6.86. The molecule has 0 unspecified atom stereocenters. The molecular weight excluding hydrogens is 326 g/mol. The van der Waals surface area contributed by atoms with Crippen LogP contribution in [-0.4, -0.2) is 34.0 Å². The van der Waals surface area contributed by atoms with Crippen LogP contribution in [0.5, 0.6) is 0 Å². The summed E-state index contributed by atoms with van der Waals surface area (Å²) in [6.45, 7) is 3.37. The zero-order chi connectivity index (χ0) is 17.8. The molecule has 134 valence electrons. The molecule has 1 aliphatic heterocycles. The Bertz CT molecular complexity index is 893. The molecule has 1 saturated heterocycles. The van der Waals surface area contributed by atoms with Gasteiger partial charge in [0.1, 0.15) is 0 Å². The van der Waals surface area contributed by atoms with E-state index in [9.17, 15) is 4.79 Å². The number of hydrogen-bond acceptors (Lipinski definition) is 4. The first kappa shape index (κ1) is 16.7. The first-order valence-corrected chi connectivity index (χ1v) is 9.15. The van der Waals surface area contributed by atoms with Crippen molar-refractivity contribution in [3.8, 4) is 0 Å². The van der Waals surface area contributed by atoms with E-state index < -0.39 is 0 Å². The lowest BCUT2D eigenvalue weighted by atomic mass is 10.00. The third-order valence-electron chi connectivity index (χ3n) is 4.93. The predicted octanol–water partition coefficient (Wildman–Crippen LogP) is 2.36. The Morgan fingerprint density at radius 3 is 3.00 bits per heavy atom. The van der Waals surface area contributed by atoms with E-state index in [1.54, 1.807) is 10.9 Å². The quantitative estimate of drug-likeness (QED) is 0.742. The molecule has 0 radical (unpaired) electrons. The highest BCUT2D eigenvalue weighted by Crippen LogP contribution is 2.18. The molecule has 0 aliphatic carbocycles. The Hall–Kier alpha value is -2.73. The van der Waals surface area contributed by atoms with Crippen molar-refractivity contribution in [2.75, 3.05) is 13.1 Å². The third kappa shape index (κ3) is 3.75. The van der Waals surface area contributed by atoms with Gasteiger partial charge < -0.3 is 10.6 Å². The maximum atomic E-state index is 12.4. The lowest BCUT2D eigenvalue weighted by molar-refractivity contribution is 0.0946. The first-order valence-electron chi connectivity index (χ1n) is 9.15. The molecule has 3 aromatic rings. The van der Waals surface area contributed by atoms with Crippen molar-refractivity contribution in [1.82, 2.24) is 25.6 Å². The zero-order valence-electron chi connectivity index (χ0n) is 14.7. The first-order chi connectivity index (χ1) is 12.8. The fourth-order valence-electron chi connectivity index (χ4n) is 3.55. The van der Waals surface area contributed by atoms with Crippen molar-refractivity contribution in [3.63, 3.8) is 0 Å². The number of fused-ring (bicyclic) bond motifs is 1. The van der Waals surface area contributed by atoms with E-state index in [0.717, 1.165) is 30.6 Å². The zero-order valence-corrected chi connectivity index (χ0v) is 14.7. The normalized spacial score (nSPS) is 17.3. The summed E-state index contributed by atoms with van der Waals surface area (Å²) in [5.41, 5.74) is 1.46. The summed E-state index contributed by atoms with van der Waals surface area (Å²) in [6, 6.07) is 14.3. The van der Waals surface area contributed by atoms with E-state index in [-0.39, 0.29) is 5.91 Å². The van der Waals surface area contributed by atoms with Gasteiger partial charge in [-0.3, -0.25) is 9.48 Å². The Labute approximate surface area is 152 Å². The van der Waals surface area contributed by atoms with Gasteiger partial charge in [0.25, 0.3) is 5.91 Å². The number of piperidine rings is 1. The average Bonchev–Trinajstić information content (AvgIpc) is 3.15. The van der Waals surface area contributed by atoms with Crippen molar-refractivity contribution in [1.29, 1.82) is 0 Å². The van der Waals surface area contributed by atoms with Crippen molar-refractivity contribution in [3.05, 3.63) is 59.9 Å². The monoisotopic (exact) mass is 349 g/mol. The van der Waals surface area contributed by atoms with Crippen LogP contribution in [-0.2, 0) is 13.1 Å². The minimum absolute atomic E-state index is 0.189. The van der Waals surface area contributed by atoms with Gasteiger partial charge in [0.05, 0.1) is 6.20 Å². The van der Waals surface area contributed by atoms with Crippen LogP contribution >= 0.6 is 0 Å². The minimum Gasteiger partial charge on any atom is -0.346 e. The molecule has 0 bridgehead atoms. The van der Waals surface area contributed by atoms with Crippen LogP contribution in [0.2, 0.25) is 0 Å². The highest BCUT2D eigenvalue weighted by atomic mass is 16.2. The second-order valence-corrected chi connectivity index (χ2v) is 6.86. The van der Waals surface area contributed by atoms with Gasteiger partial charge in [-0.2, -0.15) is 0 Å². The van der Waals surface area contributed by atoms with E-state index in [1.807, 2.05) is 24.3 Å². The van der Waals surface area contributed by atoms with E-state index >= 15 is 0 Å². The van der Waals surface area contributed by atoms with Crippen molar-refractivity contribution in [2.24, 2.45) is 5.92 Å². The topological polar surface area (TPSA) is 71.8 Å². The molecule has 0 saturated carbocycles. The minimum atomic E-state index is -0.189. The smallest absolute Gasteiger partial charge is 0.273 e. The molecular formula is C20H23N5O. The van der Waals surface area contributed by atoms with Gasteiger partial charge in [-0.25, -0.2) is 0 Å². The largest absolute Gasteiger partial charge is 0.346 e. The molecule has 6 heteroatoms. The fraction of sp³-hybridized carbons (Fsp3) is 0.350. The van der Waals surface area contributed by atoms with E-state index in [2.05, 4.69) is 39.1 Å². The summed E-state index contributed by atoms with van der Waals surface area (Å²) in [5, 5.41) is 16.8. The van der Waals surface area contributed by atoms with Crippen LogP contribution in [0, 0.1) is 5.92 Å². The molecule has 6 nitrogen and oxygen atoms in total. The molecule has 1 aromatic heterocycles. The molecule has 1 fully saturated rings. The highest BCUT2D eigenvalue weighted by Gasteiger charge is 2.16. The summed E-state index contributed by atoms with van der Waals surface area (Å²) in [4.78, 5) is 12.4. The lowest BCUT2D eigenvalue weighted by Crippen LogP contribution is -2.32. The van der Waals surface area contributed by atoms with Gasteiger partial charge in [0.15, 0.2) is 5.69 Å². The summed E-state index contributed by atoms with van der Waals surface area (Å²) in [5.74, 6) is 0.364. The van der Waals surface area contributed by atoms with Gasteiger partial charge >= 0.3 is 0 Å². The van der Waals surface area contributed by atoms with Crippen LogP contribution in [0.25, 0.3) is 10.8 Å². The van der Waals surface area contributed by atoms with Crippen LogP contribution in [0.3, 0.4) is 0 Å². The molecule has 26 heavy (non-hydrogen) atoms. The van der Waals surface area contributed by atoms with Gasteiger partial charge in [0, 0.05) is 13.1 Å². The summed E-state index contributed by atoms with van der Waals surface area (Å²) in [6.07, 6.45) is 4.13. The van der Waals surface area contributed by atoms with E-state index in [4.69, 9.17) is 0 Å². The Morgan fingerprint density at radius 1 is 1.23 bits per heavy atom. The van der Waals surface area contributed by atoms with Crippen molar-refractivity contribution in [2.45, 2.75) is 25.9 Å². The maximum absolute atomic E-state index is 12.4. The summed E-state index contributed by atoms with van der Waals surface area (Å²) in [7, 11) is 0. The van der Waals surface area contributed by atoms with Crippen LogP contribution in [0.15, 0.2) is 48.7 Å². The fourth-order valence-corrected chi connectivity index (χ4v) is 3.55. The molecule has 2 aromatic carbocycles. The van der Waals surface area contributed by atoms with Gasteiger partial charge in [-0.1, -0.05) is 47.7 Å². The number of carbonyl (C=O) groups excluding carboxylic acids is 1. The summed E-state index contributed by atoms with van der Waals surface area (Å²) >= 11 is 0. The number of nitrogens with one attached hydrogen (secondary N) is 2. The van der Waals surface area contributed by atoms with Gasteiger partial charge in [-0.05, 0) is 48.2 Å². The third-order valence-corrected chi connectivity index (χ3v) is 4.93. The van der Waals surface area contributed by atoms with Gasteiger partial charge in [0.2, 0.25) is 0 Å². The Balaban J connectivity index is 1.39. The van der Waals surface area contributed by atoms with Crippen LogP contribution in [0.1, 0.15) is 28.9 Å². The van der Waals surface area contributed by atoms with Gasteiger partial charge in [-0.15, -0.1) is 5.10 Å². The predicted molar refractivity (Wildman–Crippen MR) is 101 cm³/mol. The van der Waals surface area contributed by atoms with Crippen molar-refractivity contribution >= 4 is 16.7 Å². The Kier molecular flexibility index (Phi) is 4.93. The molecule has 2 N–H and O–H groups in total. The second kappa shape index (κ2) is 7.66. The summed E-state index contributed by atoms with van der Waals surface area (Å²) < 4.78 is 1.78. The average molecular weight is 349 g/mol. The van der Waals surface area contributed by atoms with Crippen LogP contribution in [0.4, 0.5) is 0 Å². The lowest BCUT2D eigenvalue weighted by Gasteiger charge is -2.22. The van der Waals surface area contributed by atoms with Crippen molar-refractivity contribution < 1.29 is 4.79 Å². The molecule has 2 heterocycles. The number of benzene rings is 2. The number of carbonyl (C=O) groups is 1. The Morgan fingerprint density at radius 2 is 2.12 bits per heavy atom. The molecule has 1 atom stereocenters. The number of rotatable bonds is 5.